The van der Waals surface area contributed by atoms with Gasteiger partial charge in [0.1, 0.15) is 16.7 Å². The molecule has 5 nitrogen and oxygen atoms in total. The van der Waals surface area contributed by atoms with E-state index in [-0.39, 0.29) is 5.56 Å². The topological polar surface area (TPSA) is 78.0 Å². The van der Waals surface area contributed by atoms with Gasteiger partial charge in [-0.2, -0.15) is 0 Å². The normalized spacial score (nSPS) is 12.2. The fourth-order valence-electron chi connectivity index (χ4n) is 3.90. The highest BCUT2D eigenvalue weighted by atomic mass is 32.1. The number of nitrogens with zero attached hydrogens (tertiary/aromatic N) is 2. The number of aryl methyl sites for hydroxylation is 1. The molecule has 0 bridgehead atoms. The van der Waals surface area contributed by atoms with Gasteiger partial charge in [-0.25, -0.2) is 4.98 Å². The average molecular weight is 418 g/mol. The predicted molar refractivity (Wildman–Crippen MR) is 122 cm³/mol. The van der Waals surface area contributed by atoms with Crippen molar-refractivity contribution in [3.05, 3.63) is 87.3 Å². The molecule has 0 spiro atoms. The minimum atomic E-state index is -0.739. The van der Waals surface area contributed by atoms with Crippen LogP contribution in [0, 0.1) is 6.92 Å². The van der Waals surface area contributed by atoms with Crippen LogP contribution in [0.4, 0.5) is 0 Å². The fraction of sp³-hybridized carbons (Fsp3) is 0.208. The molecule has 0 saturated carbocycles. The number of hydrogen-bond donors (Lipinski definition) is 1. The van der Waals surface area contributed by atoms with E-state index in [2.05, 4.69) is 0 Å². The minimum Gasteiger partial charge on any atom is -0.368 e. The van der Waals surface area contributed by atoms with Crippen molar-refractivity contribution < 1.29 is 4.79 Å². The van der Waals surface area contributed by atoms with Gasteiger partial charge in [-0.3, -0.25) is 14.2 Å². The van der Waals surface area contributed by atoms with Crippen molar-refractivity contribution in [1.82, 2.24) is 9.55 Å². The number of thiophene rings is 1. The van der Waals surface area contributed by atoms with Crippen molar-refractivity contribution in [1.29, 1.82) is 0 Å². The van der Waals surface area contributed by atoms with E-state index in [9.17, 15) is 9.59 Å². The van der Waals surface area contributed by atoms with Crippen LogP contribution in [0.5, 0.6) is 0 Å². The summed E-state index contributed by atoms with van der Waals surface area (Å²) in [6.45, 7) is 3.86. The van der Waals surface area contributed by atoms with E-state index in [0.29, 0.717) is 28.9 Å². The molecule has 4 rings (SSSR count). The van der Waals surface area contributed by atoms with E-state index >= 15 is 0 Å². The first-order valence-electron chi connectivity index (χ1n) is 9.94. The number of nitrogens with two attached hydrogens (primary N) is 1. The van der Waals surface area contributed by atoms with Crippen LogP contribution < -0.4 is 11.3 Å². The first-order chi connectivity index (χ1) is 14.5. The van der Waals surface area contributed by atoms with Gasteiger partial charge in [0, 0.05) is 16.9 Å². The molecule has 0 saturated heterocycles. The molecule has 6 heteroatoms. The standard InChI is InChI=1S/C24H23N3O2S/c1-3-18(22(25)28)27-19(14-16-10-6-4-7-11-16)26-23-21(24(27)29)20(15(2)30-23)17-12-8-5-9-13-17/h4-13,18H,3,14H2,1-2H3,(H2,25,28). The van der Waals surface area contributed by atoms with Gasteiger partial charge < -0.3 is 5.73 Å². The molecule has 0 aliphatic rings. The zero-order chi connectivity index (χ0) is 21.3. The summed E-state index contributed by atoms with van der Waals surface area (Å²) in [7, 11) is 0. The highest BCUT2D eigenvalue weighted by Crippen LogP contribution is 2.36. The Morgan fingerprint density at radius 2 is 1.73 bits per heavy atom. The Kier molecular flexibility index (Phi) is 5.50. The zero-order valence-corrected chi connectivity index (χ0v) is 17.8. The van der Waals surface area contributed by atoms with Crippen LogP contribution in [-0.4, -0.2) is 15.5 Å². The van der Waals surface area contributed by atoms with Crippen molar-refractivity contribution in [3.63, 3.8) is 0 Å². The molecule has 0 radical (unpaired) electrons. The summed E-state index contributed by atoms with van der Waals surface area (Å²) in [5, 5.41) is 0.556. The van der Waals surface area contributed by atoms with Crippen LogP contribution in [0.3, 0.4) is 0 Å². The third kappa shape index (κ3) is 3.55. The minimum absolute atomic E-state index is 0.209. The number of primary amides is 1. The van der Waals surface area contributed by atoms with Gasteiger partial charge in [0.25, 0.3) is 5.56 Å². The molecule has 0 fully saturated rings. The van der Waals surface area contributed by atoms with Crippen LogP contribution >= 0.6 is 11.3 Å². The molecular formula is C24H23N3O2S. The number of carbonyl (C=O) groups excluding carboxylic acids is 1. The summed E-state index contributed by atoms with van der Waals surface area (Å²) in [6, 6.07) is 18.9. The van der Waals surface area contributed by atoms with E-state index in [0.717, 1.165) is 21.6 Å². The summed E-state index contributed by atoms with van der Waals surface area (Å²) in [4.78, 5) is 32.6. The Labute approximate surface area is 178 Å². The zero-order valence-electron chi connectivity index (χ0n) is 17.0. The van der Waals surface area contributed by atoms with Gasteiger partial charge in [-0.05, 0) is 24.5 Å². The quantitative estimate of drug-likeness (QED) is 0.503. The second-order valence-corrected chi connectivity index (χ2v) is 8.47. The number of amides is 1. The number of fused-ring (bicyclic) bond motifs is 1. The largest absolute Gasteiger partial charge is 0.368 e. The van der Waals surface area contributed by atoms with E-state index in [4.69, 9.17) is 10.7 Å². The lowest BCUT2D eigenvalue weighted by atomic mass is 10.0. The van der Waals surface area contributed by atoms with Crippen LogP contribution in [0.25, 0.3) is 21.3 Å². The van der Waals surface area contributed by atoms with Gasteiger partial charge in [0.05, 0.1) is 5.39 Å². The molecule has 2 aromatic heterocycles. The molecule has 1 amide bonds. The molecule has 4 aromatic rings. The van der Waals surface area contributed by atoms with Gasteiger partial charge in [0.15, 0.2) is 0 Å². The molecule has 152 valence electrons. The van der Waals surface area contributed by atoms with Crippen molar-refractivity contribution in [2.75, 3.05) is 0 Å². The lowest BCUT2D eigenvalue weighted by Crippen LogP contribution is -2.36. The summed E-state index contributed by atoms with van der Waals surface area (Å²) in [5.74, 6) is 0.0356. The molecule has 30 heavy (non-hydrogen) atoms. The van der Waals surface area contributed by atoms with E-state index in [1.807, 2.05) is 74.5 Å². The Bertz CT molecular complexity index is 1260. The number of benzene rings is 2. The Morgan fingerprint density at radius 3 is 2.33 bits per heavy atom. The third-order valence-corrected chi connectivity index (χ3v) is 6.30. The summed E-state index contributed by atoms with van der Waals surface area (Å²) in [5.41, 5.74) is 8.35. The maximum atomic E-state index is 13.8. The van der Waals surface area contributed by atoms with Gasteiger partial charge in [0.2, 0.25) is 5.91 Å². The third-order valence-electron chi connectivity index (χ3n) is 5.30. The summed E-state index contributed by atoms with van der Waals surface area (Å²) in [6.07, 6.45) is 0.876. The molecule has 0 aliphatic carbocycles. The van der Waals surface area contributed by atoms with Crippen LogP contribution in [-0.2, 0) is 11.2 Å². The lowest BCUT2D eigenvalue weighted by Gasteiger charge is -2.19. The van der Waals surface area contributed by atoms with Crippen LogP contribution in [0.15, 0.2) is 65.5 Å². The highest BCUT2D eigenvalue weighted by Gasteiger charge is 2.25. The van der Waals surface area contributed by atoms with Crippen molar-refractivity contribution in [3.8, 4) is 11.1 Å². The van der Waals surface area contributed by atoms with E-state index in [1.165, 1.54) is 15.9 Å². The Hall–Kier alpha value is -3.25. The van der Waals surface area contributed by atoms with Crippen LogP contribution in [0.1, 0.15) is 35.7 Å². The van der Waals surface area contributed by atoms with Gasteiger partial charge in [-0.15, -0.1) is 11.3 Å². The second kappa shape index (κ2) is 8.24. The lowest BCUT2D eigenvalue weighted by molar-refractivity contribution is -0.121. The van der Waals surface area contributed by atoms with Crippen molar-refractivity contribution in [2.24, 2.45) is 5.73 Å². The first-order valence-corrected chi connectivity index (χ1v) is 10.8. The van der Waals surface area contributed by atoms with Crippen LogP contribution in [0.2, 0.25) is 0 Å². The maximum Gasteiger partial charge on any atom is 0.263 e. The van der Waals surface area contributed by atoms with E-state index < -0.39 is 11.9 Å². The molecular weight excluding hydrogens is 394 g/mol. The first kappa shape index (κ1) is 20.0. The molecule has 2 aromatic carbocycles. The van der Waals surface area contributed by atoms with Gasteiger partial charge >= 0.3 is 0 Å². The van der Waals surface area contributed by atoms with Crippen molar-refractivity contribution >= 4 is 27.5 Å². The smallest absolute Gasteiger partial charge is 0.263 e. The Balaban J connectivity index is 2.02. The predicted octanol–water partition coefficient (Wildman–Crippen LogP) is 4.46. The SMILES string of the molecule is CCC(C(N)=O)n1c(Cc2ccccc2)nc2sc(C)c(-c3ccccc3)c2c1=O. The van der Waals surface area contributed by atoms with E-state index in [1.54, 1.807) is 0 Å². The number of carbonyl (C=O) groups is 1. The monoisotopic (exact) mass is 417 g/mol. The summed E-state index contributed by atoms with van der Waals surface area (Å²) < 4.78 is 1.51. The highest BCUT2D eigenvalue weighted by molar-refractivity contribution is 7.19. The summed E-state index contributed by atoms with van der Waals surface area (Å²) >= 11 is 1.51. The van der Waals surface area contributed by atoms with Crippen molar-refractivity contribution in [2.45, 2.75) is 32.7 Å². The maximum absolute atomic E-state index is 13.8. The second-order valence-electron chi connectivity index (χ2n) is 7.27. The van der Waals surface area contributed by atoms with Gasteiger partial charge in [-0.1, -0.05) is 67.6 Å². The molecule has 0 aliphatic heterocycles. The molecule has 2 N–H and O–H groups in total. The fourth-order valence-corrected chi connectivity index (χ4v) is 4.96. The Morgan fingerprint density at radius 1 is 1.10 bits per heavy atom. The average Bonchev–Trinajstić information content (AvgIpc) is 3.08. The number of aromatic nitrogens is 2. The molecule has 1 unspecified atom stereocenters. The molecule has 1 atom stereocenters. The molecule has 2 heterocycles. The number of hydrogen-bond acceptors (Lipinski definition) is 4. The number of rotatable bonds is 6.